The Kier molecular flexibility index (Phi) is 5.53. The van der Waals surface area contributed by atoms with Gasteiger partial charge in [-0.3, -0.25) is 14.8 Å². The molecule has 29 heavy (non-hydrogen) atoms. The Morgan fingerprint density at radius 3 is 2.24 bits per heavy atom. The molecule has 3 heterocycles. The maximum atomic E-state index is 12.9. The predicted molar refractivity (Wildman–Crippen MR) is 115 cm³/mol. The number of H-pyrrole nitrogens is 1. The lowest BCUT2D eigenvalue weighted by Crippen LogP contribution is -2.49. The van der Waals surface area contributed by atoms with Crippen LogP contribution < -0.4 is 0 Å². The van der Waals surface area contributed by atoms with Crippen molar-refractivity contribution in [2.75, 3.05) is 32.7 Å². The van der Waals surface area contributed by atoms with Gasteiger partial charge in [-0.1, -0.05) is 29.8 Å². The lowest BCUT2D eigenvalue weighted by Gasteiger charge is -2.34. The molecule has 1 aliphatic heterocycles. The van der Waals surface area contributed by atoms with Gasteiger partial charge in [-0.25, -0.2) is 0 Å². The number of aromatic amines is 1. The van der Waals surface area contributed by atoms with E-state index in [1.807, 2.05) is 23.1 Å². The third kappa shape index (κ3) is 4.27. The van der Waals surface area contributed by atoms with E-state index in [1.165, 1.54) is 17.0 Å². The van der Waals surface area contributed by atoms with Gasteiger partial charge in [0.1, 0.15) is 5.69 Å². The molecule has 6 heteroatoms. The molecular weight excluding hydrogens is 362 g/mol. The first-order chi connectivity index (χ1) is 14.0. The number of aromatic nitrogens is 3. The van der Waals surface area contributed by atoms with Crippen LogP contribution in [0.2, 0.25) is 0 Å². The molecule has 3 aromatic rings. The molecule has 152 valence electrons. The second-order valence-electron chi connectivity index (χ2n) is 7.93. The van der Waals surface area contributed by atoms with Crippen LogP contribution in [0.1, 0.15) is 27.4 Å². The van der Waals surface area contributed by atoms with Gasteiger partial charge in [-0.05, 0) is 39.0 Å². The predicted octanol–water partition coefficient (Wildman–Crippen LogP) is 3.26. The first-order valence-electron chi connectivity index (χ1n) is 10.3. The molecule has 1 fully saturated rings. The van der Waals surface area contributed by atoms with E-state index in [4.69, 9.17) is 0 Å². The highest BCUT2D eigenvalue weighted by atomic mass is 16.2. The van der Waals surface area contributed by atoms with Crippen LogP contribution in [-0.4, -0.2) is 63.2 Å². The highest BCUT2D eigenvalue weighted by Gasteiger charge is 2.23. The number of hydrogen-bond acceptors (Lipinski definition) is 3. The van der Waals surface area contributed by atoms with Gasteiger partial charge in [0.2, 0.25) is 0 Å². The molecule has 6 nitrogen and oxygen atoms in total. The summed E-state index contributed by atoms with van der Waals surface area (Å²) in [5, 5.41) is 7.26. The molecular formula is C23H29N5O. The summed E-state index contributed by atoms with van der Waals surface area (Å²) in [6.45, 7) is 11.7. The molecule has 4 rings (SSSR count). The van der Waals surface area contributed by atoms with Gasteiger partial charge in [0.25, 0.3) is 5.91 Å². The standard InChI is InChI=1S/C23H29N5O/c1-17-4-8-20(9-5-17)21-16-22(25-24-21)23(29)27-13-10-26(11-14-27)12-15-28-18(2)6-7-19(28)3/h4-9,16H,10-15H2,1-3H3,(H,24,25). The smallest absolute Gasteiger partial charge is 0.271 e. The van der Waals surface area contributed by atoms with Crippen molar-refractivity contribution in [3.05, 3.63) is 65.1 Å². The summed E-state index contributed by atoms with van der Waals surface area (Å²) in [4.78, 5) is 17.2. The summed E-state index contributed by atoms with van der Waals surface area (Å²) < 4.78 is 2.36. The zero-order valence-electron chi connectivity index (χ0n) is 17.5. The second-order valence-corrected chi connectivity index (χ2v) is 7.93. The molecule has 0 aliphatic carbocycles. The van der Waals surface area contributed by atoms with Crippen molar-refractivity contribution in [3.63, 3.8) is 0 Å². The largest absolute Gasteiger partial charge is 0.348 e. The van der Waals surface area contributed by atoms with Crippen LogP contribution >= 0.6 is 0 Å². The molecule has 0 spiro atoms. The molecule has 1 aliphatic rings. The number of aryl methyl sites for hydroxylation is 3. The average Bonchev–Trinajstić information content (AvgIpc) is 3.34. The topological polar surface area (TPSA) is 57.2 Å². The van der Waals surface area contributed by atoms with Crippen LogP contribution in [0.3, 0.4) is 0 Å². The number of amides is 1. The van der Waals surface area contributed by atoms with Gasteiger partial charge in [0.15, 0.2) is 0 Å². The number of carbonyl (C=O) groups is 1. The van der Waals surface area contributed by atoms with Gasteiger partial charge < -0.3 is 9.47 Å². The minimum Gasteiger partial charge on any atom is -0.348 e. The van der Waals surface area contributed by atoms with E-state index in [9.17, 15) is 4.79 Å². The monoisotopic (exact) mass is 391 g/mol. The third-order valence-electron chi connectivity index (χ3n) is 5.87. The van der Waals surface area contributed by atoms with Crippen LogP contribution in [0.5, 0.6) is 0 Å². The van der Waals surface area contributed by atoms with E-state index in [-0.39, 0.29) is 5.91 Å². The molecule has 1 N–H and O–H groups in total. The van der Waals surface area contributed by atoms with Crippen molar-refractivity contribution in [3.8, 4) is 11.3 Å². The fourth-order valence-electron chi connectivity index (χ4n) is 3.94. The number of carbonyl (C=O) groups excluding carboxylic acids is 1. The SMILES string of the molecule is Cc1ccc(-c2cc(C(=O)N3CCN(CCn4c(C)ccc4C)CC3)[nH]n2)cc1. The van der Waals surface area contributed by atoms with Crippen molar-refractivity contribution in [2.45, 2.75) is 27.3 Å². The summed E-state index contributed by atoms with van der Waals surface area (Å²) in [7, 11) is 0. The lowest BCUT2D eigenvalue weighted by molar-refractivity contribution is 0.0627. The van der Waals surface area contributed by atoms with E-state index in [0.717, 1.165) is 50.5 Å². The number of nitrogens with one attached hydrogen (secondary N) is 1. The highest BCUT2D eigenvalue weighted by Crippen LogP contribution is 2.19. The fraction of sp³-hybridized carbons (Fsp3) is 0.391. The molecule has 0 unspecified atom stereocenters. The Hall–Kier alpha value is -2.86. The van der Waals surface area contributed by atoms with Crippen LogP contribution in [-0.2, 0) is 6.54 Å². The number of rotatable bonds is 5. The first-order valence-corrected chi connectivity index (χ1v) is 10.3. The van der Waals surface area contributed by atoms with E-state index >= 15 is 0 Å². The zero-order valence-corrected chi connectivity index (χ0v) is 17.5. The Labute approximate surface area is 172 Å². The summed E-state index contributed by atoms with van der Waals surface area (Å²) in [5.41, 5.74) is 6.21. The number of hydrogen-bond donors (Lipinski definition) is 1. The summed E-state index contributed by atoms with van der Waals surface area (Å²) in [6.07, 6.45) is 0. The molecule has 0 bridgehead atoms. The minimum absolute atomic E-state index is 0.0348. The summed E-state index contributed by atoms with van der Waals surface area (Å²) in [6, 6.07) is 14.4. The number of nitrogens with zero attached hydrogens (tertiary/aromatic N) is 4. The molecule has 2 aromatic heterocycles. The third-order valence-corrected chi connectivity index (χ3v) is 5.87. The van der Waals surface area contributed by atoms with Gasteiger partial charge >= 0.3 is 0 Å². The summed E-state index contributed by atoms with van der Waals surface area (Å²) >= 11 is 0. The van der Waals surface area contributed by atoms with Crippen molar-refractivity contribution in [1.29, 1.82) is 0 Å². The van der Waals surface area contributed by atoms with Crippen molar-refractivity contribution in [1.82, 2.24) is 24.6 Å². The number of benzene rings is 1. The molecule has 1 amide bonds. The van der Waals surface area contributed by atoms with Gasteiger partial charge in [0, 0.05) is 56.2 Å². The Morgan fingerprint density at radius 2 is 1.59 bits per heavy atom. The van der Waals surface area contributed by atoms with Crippen LogP contribution in [0.15, 0.2) is 42.5 Å². The Morgan fingerprint density at radius 1 is 0.931 bits per heavy atom. The molecule has 0 radical (unpaired) electrons. The molecule has 0 atom stereocenters. The first kappa shape index (κ1) is 19.5. The second kappa shape index (κ2) is 8.25. The summed E-state index contributed by atoms with van der Waals surface area (Å²) in [5.74, 6) is 0.0348. The fourth-order valence-corrected chi connectivity index (χ4v) is 3.94. The van der Waals surface area contributed by atoms with Crippen LogP contribution in [0, 0.1) is 20.8 Å². The van der Waals surface area contributed by atoms with Gasteiger partial charge in [-0.15, -0.1) is 0 Å². The van der Waals surface area contributed by atoms with E-state index in [2.05, 4.69) is 64.7 Å². The molecule has 1 aromatic carbocycles. The van der Waals surface area contributed by atoms with Crippen molar-refractivity contribution >= 4 is 5.91 Å². The minimum atomic E-state index is 0.0348. The van der Waals surface area contributed by atoms with Gasteiger partial charge in [-0.2, -0.15) is 5.10 Å². The van der Waals surface area contributed by atoms with Crippen LogP contribution in [0.4, 0.5) is 0 Å². The van der Waals surface area contributed by atoms with E-state index in [0.29, 0.717) is 5.69 Å². The van der Waals surface area contributed by atoms with Gasteiger partial charge in [0.05, 0.1) is 5.69 Å². The molecule has 1 saturated heterocycles. The average molecular weight is 392 g/mol. The van der Waals surface area contributed by atoms with Crippen LogP contribution in [0.25, 0.3) is 11.3 Å². The van der Waals surface area contributed by atoms with E-state index in [1.54, 1.807) is 0 Å². The maximum Gasteiger partial charge on any atom is 0.271 e. The normalized spacial score (nSPS) is 15.1. The van der Waals surface area contributed by atoms with Crippen molar-refractivity contribution in [2.24, 2.45) is 0 Å². The van der Waals surface area contributed by atoms with Crippen molar-refractivity contribution < 1.29 is 4.79 Å². The zero-order chi connectivity index (χ0) is 20.4. The quantitative estimate of drug-likeness (QED) is 0.726. The Bertz CT molecular complexity index is 958. The Balaban J connectivity index is 1.32. The molecule has 0 saturated carbocycles. The number of piperazine rings is 1. The lowest BCUT2D eigenvalue weighted by atomic mass is 10.1. The highest BCUT2D eigenvalue weighted by molar-refractivity contribution is 5.93. The maximum absolute atomic E-state index is 12.9. The van der Waals surface area contributed by atoms with E-state index < -0.39 is 0 Å².